The van der Waals surface area contributed by atoms with E-state index in [-0.39, 0.29) is 24.1 Å². The quantitative estimate of drug-likeness (QED) is 0.0353. The highest BCUT2D eigenvalue weighted by atomic mass is 16.2. The van der Waals surface area contributed by atoms with E-state index in [9.17, 15) is 14.4 Å². The molecule has 0 saturated heterocycles. The van der Waals surface area contributed by atoms with Gasteiger partial charge in [0, 0.05) is 25.9 Å². The predicted octanol–water partition coefficient (Wildman–Crippen LogP) is 12.2. The molecule has 0 aliphatic carbocycles. The second kappa shape index (κ2) is 26.2. The SMILES string of the molecule is CCCCCCCCCCCCNC(=O)CC[C@@H](NC(=O)CCCc1ccc2ccc3cccc4ccc1c2c34)C(=O)NCCCCCCCCCCCC. The van der Waals surface area contributed by atoms with Gasteiger partial charge in [0.25, 0.3) is 0 Å². The van der Waals surface area contributed by atoms with Crippen molar-refractivity contribution in [1.29, 1.82) is 0 Å². The van der Waals surface area contributed by atoms with Gasteiger partial charge in [-0.05, 0) is 70.0 Å². The summed E-state index contributed by atoms with van der Waals surface area (Å²) in [7, 11) is 0. The molecule has 55 heavy (non-hydrogen) atoms. The average molecular weight is 752 g/mol. The summed E-state index contributed by atoms with van der Waals surface area (Å²) in [4.78, 5) is 39.4. The Hall–Kier alpha value is -3.67. The van der Waals surface area contributed by atoms with Gasteiger partial charge in [0.05, 0.1) is 0 Å². The first kappa shape index (κ1) is 44.0. The number of nitrogens with one attached hydrogen (secondary N) is 3. The Bertz CT molecular complexity index is 1670. The fourth-order valence-corrected chi connectivity index (χ4v) is 8.14. The number of rotatable bonds is 31. The fourth-order valence-electron chi connectivity index (χ4n) is 8.14. The second-order valence-electron chi connectivity index (χ2n) is 16.1. The van der Waals surface area contributed by atoms with E-state index in [1.165, 1.54) is 141 Å². The second-order valence-corrected chi connectivity index (χ2v) is 16.1. The van der Waals surface area contributed by atoms with Crippen LogP contribution in [0.5, 0.6) is 0 Å². The first-order valence-corrected chi connectivity index (χ1v) is 22.5. The first-order valence-electron chi connectivity index (χ1n) is 22.5. The highest BCUT2D eigenvalue weighted by Crippen LogP contribution is 2.36. The van der Waals surface area contributed by atoms with Gasteiger partial charge in [-0.15, -0.1) is 0 Å². The summed E-state index contributed by atoms with van der Waals surface area (Å²) < 4.78 is 0. The summed E-state index contributed by atoms with van der Waals surface area (Å²) in [6.07, 6.45) is 27.3. The third-order valence-corrected chi connectivity index (χ3v) is 11.5. The Morgan fingerprint density at radius 2 is 0.982 bits per heavy atom. The van der Waals surface area contributed by atoms with Gasteiger partial charge in [0.15, 0.2) is 0 Å². The minimum absolute atomic E-state index is 0.0494. The fraction of sp³-hybridized carbons (Fsp3) is 0.612. The summed E-state index contributed by atoms with van der Waals surface area (Å²) >= 11 is 0. The summed E-state index contributed by atoms with van der Waals surface area (Å²) in [6, 6.07) is 18.9. The highest BCUT2D eigenvalue weighted by molar-refractivity contribution is 6.23. The van der Waals surface area contributed by atoms with E-state index < -0.39 is 6.04 Å². The van der Waals surface area contributed by atoms with Gasteiger partial charge in [0.2, 0.25) is 17.7 Å². The van der Waals surface area contributed by atoms with Gasteiger partial charge < -0.3 is 16.0 Å². The lowest BCUT2D eigenvalue weighted by Gasteiger charge is -2.19. The van der Waals surface area contributed by atoms with Gasteiger partial charge in [-0.25, -0.2) is 0 Å². The molecule has 3 N–H and O–H groups in total. The molecule has 4 aromatic carbocycles. The van der Waals surface area contributed by atoms with Gasteiger partial charge >= 0.3 is 0 Å². The molecule has 6 heteroatoms. The minimum atomic E-state index is -0.715. The molecule has 0 bridgehead atoms. The third-order valence-electron chi connectivity index (χ3n) is 11.5. The third kappa shape index (κ3) is 15.8. The molecule has 0 aliphatic rings. The largest absolute Gasteiger partial charge is 0.356 e. The predicted molar refractivity (Wildman–Crippen MR) is 234 cm³/mol. The van der Waals surface area contributed by atoms with E-state index in [1.807, 2.05) is 0 Å². The Kier molecular flexibility index (Phi) is 21.0. The zero-order valence-corrected chi connectivity index (χ0v) is 34.6. The first-order chi connectivity index (χ1) is 27.0. The van der Waals surface area contributed by atoms with Crippen molar-refractivity contribution in [3.8, 4) is 0 Å². The molecule has 0 radical (unpaired) electrons. The number of carbonyl (C=O) groups is 3. The zero-order chi connectivity index (χ0) is 38.9. The molecule has 0 unspecified atom stereocenters. The Labute approximate surface area is 333 Å². The number of hydrogen-bond donors (Lipinski definition) is 3. The summed E-state index contributed by atoms with van der Waals surface area (Å²) in [6.45, 7) is 5.77. The van der Waals surface area contributed by atoms with Crippen molar-refractivity contribution in [2.75, 3.05) is 13.1 Å². The number of hydrogen-bond acceptors (Lipinski definition) is 3. The molecule has 0 heterocycles. The van der Waals surface area contributed by atoms with E-state index in [0.29, 0.717) is 32.4 Å². The Morgan fingerprint density at radius 1 is 0.491 bits per heavy atom. The zero-order valence-electron chi connectivity index (χ0n) is 34.6. The molecule has 4 rings (SSSR count). The van der Waals surface area contributed by atoms with Crippen molar-refractivity contribution in [1.82, 2.24) is 16.0 Å². The highest BCUT2D eigenvalue weighted by Gasteiger charge is 2.22. The molecule has 0 aromatic heterocycles. The molecular weight excluding hydrogens is 679 g/mol. The normalized spacial score (nSPS) is 12.1. The molecule has 0 spiro atoms. The molecule has 4 aromatic rings. The van der Waals surface area contributed by atoms with Crippen LogP contribution in [0.15, 0.2) is 54.6 Å². The smallest absolute Gasteiger partial charge is 0.242 e. The molecule has 0 fully saturated rings. The maximum atomic E-state index is 13.4. The molecule has 0 saturated carbocycles. The van der Waals surface area contributed by atoms with Crippen molar-refractivity contribution >= 4 is 50.0 Å². The number of carbonyl (C=O) groups excluding carboxylic acids is 3. The number of benzene rings is 4. The number of amides is 3. The Morgan fingerprint density at radius 3 is 1.56 bits per heavy atom. The summed E-state index contributed by atoms with van der Waals surface area (Å²) in [5, 5.41) is 16.7. The molecule has 6 nitrogen and oxygen atoms in total. The molecular formula is C49H73N3O3. The van der Waals surface area contributed by atoms with Crippen LogP contribution in [0.4, 0.5) is 0 Å². The summed E-state index contributed by atoms with van der Waals surface area (Å²) in [5.74, 6) is -0.368. The van der Waals surface area contributed by atoms with Crippen molar-refractivity contribution in [3.05, 3.63) is 60.2 Å². The van der Waals surface area contributed by atoms with E-state index >= 15 is 0 Å². The van der Waals surface area contributed by atoms with E-state index in [2.05, 4.69) is 84.4 Å². The van der Waals surface area contributed by atoms with Crippen molar-refractivity contribution in [3.63, 3.8) is 0 Å². The van der Waals surface area contributed by atoms with Crippen LogP contribution in [-0.2, 0) is 20.8 Å². The van der Waals surface area contributed by atoms with Gasteiger partial charge in [-0.1, -0.05) is 184 Å². The van der Waals surface area contributed by atoms with Crippen LogP contribution in [0.25, 0.3) is 32.3 Å². The summed E-state index contributed by atoms with van der Waals surface area (Å²) in [5.41, 5.74) is 1.24. The van der Waals surface area contributed by atoms with E-state index in [0.717, 1.165) is 32.1 Å². The van der Waals surface area contributed by atoms with Crippen LogP contribution in [0.2, 0.25) is 0 Å². The van der Waals surface area contributed by atoms with Crippen LogP contribution in [0.3, 0.4) is 0 Å². The van der Waals surface area contributed by atoms with Crippen LogP contribution in [-0.4, -0.2) is 36.9 Å². The molecule has 1 atom stereocenters. The van der Waals surface area contributed by atoms with Crippen LogP contribution in [0.1, 0.15) is 174 Å². The lowest BCUT2D eigenvalue weighted by Crippen LogP contribution is -2.47. The van der Waals surface area contributed by atoms with Crippen LogP contribution >= 0.6 is 0 Å². The van der Waals surface area contributed by atoms with Gasteiger partial charge in [0.1, 0.15) is 6.04 Å². The van der Waals surface area contributed by atoms with Crippen molar-refractivity contribution < 1.29 is 14.4 Å². The van der Waals surface area contributed by atoms with Crippen LogP contribution in [0, 0.1) is 0 Å². The molecule has 0 aliphatic heterocycles. The lowest BCUT2D eigenvalue weighted by atomic mass is 9.90. The minimum Gasteiger partial charge on any atom is -0.356 e. The van der Waals surface area contributed by atoms with E-state index in [4.69, 9.17) is 0 Å². The number of aryl methyl sites for hydroxylation is 1. The van der Waals surface area contributed by atoms with Crippen molar-refractivity contribution in [2.24, 2.45) is 0 Å². The standard InChI is InChI=1S/C49H73N3O3/c1-3-5-7-9-11-13-15-17-19-21-37-50-45(53)36-35-44(49(55)51-38-22-20-18-16-14-12-10-8-6-4-2)52-46(54)28-24-25-39-29-30-42-32-31-40-26-23-27-41-33-34-43(39)48(42)47(40)41/h23,26-27,29-34,44H,3-22,24-25,28,35-38H2,1-2H3,(H,50,53)(H,51,55)(H,52,54)/t44-/m1/s1. The maximum Gasteiger partial charge on any atom is 0.242 e. The van der Waals surface area contributed by atoms with Crippen molar-refractivity contribution in [2.45, 2.75) is 180 Å². The lowest BCUT2D eigenvalue weighted by molar-refractivity contribution is -0.129. The van der Waals surface area contributed by atoms with Gasteiger partial charge in [-0.2, -0.15) is 0 Å². The van der Waals surface area contributed by atoms with Gasteiger partial charge in [-0.3, -0.25) is 14.4 Å². The Balaban J connectivity index is 1.20. The average Bonchev–Trinajstić information content (AvgIpc) is 3.20. The number of unbranched alkanes of at least 4 members (excludes halogenated alkanes) is 18. The monoisotopic (exact) mass is 752 g/mol. The molecule has 302 valence electrons. The van der Waals surface area contributed by atoms with Crippen LogP contribution < -0.4 is 16.0 Å². The topological polar surface area (TPSA) is 87.3 Å². The van der Waals surface area contributed by atoms with E-state index in [1.54, 1.807) is 0 Å². The molecule has 3 amide bonds. The maximum absolute atomic E-state index is 13.4.